The molecule has 3 N–H and O–H groups in total. The lowest BCUT2D eigenvalue weighted by Gasteiger charge is -2.14. The van der Waals surface area contributed by atoms with Crippen LogP contribution < -0.4 is 25.3 Å². The van der Waals surface area contributed by atoms with Gasteiger partial charge in [0.05, 0.1) is 21.3 Å². The van der Waals surface area contributed by atoms with Crippen LogP contribution in [0.25, 0.3) is 0 Å². The molecular weight excluding hydrogens is 288 g/mol. The van der Waals surface area contributed by atoms with E-state index >= 15 is 0 Å². The number of methoxy groups -OCH3 is 3. The van der Waals surface area contributed by atoms with Crippen molar-refractivity contribution < 1.29 is 19.0 Å². The Morgan fingerprint density at radius 1 is 1.05 bits per heavy atom. The zero-order valence-corrected chi connectivity index (χ0v) is 12.4. The van der Waals surface area contributed by atoms with Crippen LogP contribution in [0.5, 0.6) is 17.2 Å². The highest BCUT2D eigenvalue weighted by molar-refractivity contribution is 6.05. The van der Waals surface area contributed by atoms with Crippen LogP contribution in [-0.2, 0) is 0 Å². The van der Waals surface area contributed by atoms with E-state index in [9.17, 15) is 4.79 Å². The maximum absolute atomic E-state index is 12.2. The summed E-state index contributed by atoms with van der Waals surface area (Å²) in [4.78, 5) is 19.9. The summed E-state index contributed by atoms with van der Waals surface area (Å²) in [5.74, 6) is 0.836. The fourth-order valence-corrected chi connectivity index (χ4v) is 1.87. The van der Waals surface area contributed by atoms with Crippen molar-refractivity contribution in [2.45, 2.75) is 0 Å². The minimum absolute atomic E-state index is 0.0382. The summed E-state index contributed by atoms with van der Waals surface area (Å²) in [6.45, 7) is 0. The van der Waals surface area contributed by atoms with Gasteiger partial charge in [-0.2, -0.15) is 0 Å². The lowest BCUT2D eigenvalue weighted by molar-refractivity contribution is 0.102. The number of aromatic nitrogens is 2. The highest BCUT2D eigenvalue weighted by Gasteiger charge is 2.17. The lowest BCUT2D eigenvalue weighted by Crippen LogP contribution is -2.16. The minimum atomic E-state index is -0.486. The summed E-state index contributed by atoms with van der Waals surface area (Å²) in [6.07, 6.45) is 2.80. The van der Waals surface area contributed by atoms with Crippen LogP contribution in [0.2, 0.25) is 0 Å². The van der Waals surface area contributed by atoms with Crippen LogP contribution in [-0.4, -0.2) is 37.2 Å². The van der Waals surface area contributed by atoms with Crippen LogP contribution in [0.15, 0.2) is 24.5 Å². The summed E-state index contributed by atoms with van der Waals surface area (Å²) < 4.78 is 15.7. The second kappa shape index (κ2) is 6.61. The highest BCUT2D eigenvalue weighted by Crippen LogP contribution is 2.40. The third kappa shape index (κ3) is 3.00. The molecule has 8 nitrogen and oxygen atoms in total. The molecule has 1 amide bonds. The number of anilines is 2. The molecule has 0 bridgehead atoms. The molecule has 0 radical (unpaired) electrons. The fourth-order valence-electron chi connectivity index (χ4n) is 1.87. The largest absolute Gasteiger partial charge is 0.493 e. The van der Waals surface area contributed by atoms with E-state index in [2.05, 4.69) is 15.3 Å². The van der Waals surface area contributed by atoms with E-state index in [1.807, 2.05) is 0 Å². The van der Waals surface area contributed by atoms with Gasteiger partial charge in [-0.1, -0.05) is 0 Å². The third-order valence-electron chi connectivity index (χ3n) is 2.86. The average Bonchev–Trinajstić information content (AvgIpc) is 2.54. The van der Waals surface area contributed by atoms with Crippen molar-refractivity contribution in [3.8, 4) is 17.2 Å². The quantitative estimate of drug-likeness (QED) is 0.857. The van der Waals surface area contributed by atoms with Gasteiger partial charge in [0.1, 0.15) is 0 Å². The van der Waals surface area contributed by atoms with Crippen LogP contribution in [0, 0.1) is 0 Å². The van der Waals surface area contributed by atoms with E-state index in [0.717, 1.165) is 0 Å². The number of nitrogens with one attached hydrogen (secondary N) is 1. The van der Waals surface area contributed by atoms with Gasteiger partial charge < -0.3 is 25.3 Å². The van der Waals surface area contributed by atoms with Crippen molar-refractivity contribution >= 4 is 17.4 Å². The molecular formula is C14H16N4O4. The Balaban J connectivity index is 2.34. The van der Waals surface area contributed by atoms with E-state index < -0.39 is 5.91 Å². The number of benzene rings is 1. The lowest BCUT2D eigenvalue weighted by atomic mass is 10.2. The van der Waals surface area contributed by atoms with E-state index in [4.69, 9.17) is 19.9 Å². The number of carbonyl (C=O) groups is 1. The molecule has 0 unspecified atom stereocenters. The Labute approximate surface area is 127 Å². The van der Waals surface area contributed by atoms with Crippen molar-refractivity contribution in [2.24, 2.45) is 0 Å². The van der Waals surface area contributed by atoms with Gasteiger partial charge >= 0.3 is 0 Å². The monoisotopic (exact) mass is 304 g/mol. The first kappa shape index (κ1) is 15.4. The predicted molar refractivity (Wildman–Crippen MR) is 80.5 cm³/mol. The van der Waals surface area contributed by atoms with Gasteiger partial charge in [0.25, 0.3) is 5.91 Å². The minimum Gasteiger partial charge on any atom is -0.493 e. The van der Waals surface area contributed by atoms with Crippen LogP contribution in [0.4, 0.5) is 11.5 Å². The van der Waals surface area contributed by atoms with Crippen molar-refractivity contribution in [2.75, 3.05) is 32.4 Å². The Kier molecular flexibility index (Phi) is 4.62. The number of rotatable bonds is 5. The molecule has 0 fully saturated rings. The Morgan fingerprint density at radius 3 is 2.14 bits per heavy atom. The van der Waals surface area contributed by atoms with E-state index in [1.54, 1.807) is 12.1 Å². The summed E-state index contributed by atoms with van der Waals surface area (Å²) in [5.41, 5.74) is 6.12. The molecule has 2 rings (SSSR count). The summed E-state index contributed by atoms with van der Waals surface area (Å²) in [6, 6.07) is 3.21. The van der Waals surface area contributed by atoms with Gasteiger partial charge in [-0.25, -0.2) is 9.97 Å². The standard InChI is InChI=1S/C14H16N4O4/c1-20-9-6-8(7-10(21-2)12(9)22-3)18-14(19)11-13(15)17-5-4-16-11/h4-7H,1-3H3,(H2,15,17)(H,18,19). The summed E-state index contributed by atoms with van der Waals surface area (Å²) in [5, 5.41) is 2.66. The maximum Gasteiger partial charge on any atom is 0.278 e. The maximum atomic E-state index is 12.2. The van der Waals surface area contributed by atoms with Crippen LogP contribution in [0.3, 0.4) is 0 Å². The number of hydrogen-bond acceptors (Lipinski definition) is 7. The van der Waals surface area contributed by atoms with Gasteiger partial charge in [-0.05, 0) is 0 Å². The topological polar surface area (TPSA) is 109 Å². The Morgan fingerprint density at radius 2 is 1.64 bits per heavy atom. The number of hydrogen-bond donors (Lipinski definition) is 2. The molecule has 0 aliphatic heterocycles. The van der Waals surface area contributed by atoms with Crippen molar-refractivity contribution in [3.05, 3.63) is 30.2 Å². The van der Waals surface area contributed by atoms with Gasteiger partial charge in [0.2, 0.25) is 5.75 Å². The number of carbonyl (C=O) groups excluding carboxylic acids is 1. The molecule has 0 aliphatic rings. The molecule has 0 aliphatic carbocycles. The number of nitrogen functional groups attached to an aromatic ring is 1. The van der Waals surface area contributed by atoms with Crippen molar-refractivity contribution in [1.29, 1.82) is 0 Å². The normalized spacial score (nSPS) is 9.95. The Bertz CT molecular complexity index is 665. The molecule has 8 heteroatoms. The van der Waals surface area contributed by atoms with Crippen molar-refractivity contribution in [1.82, 2.24) is 9.97 Å². The fraction of sp³-hybridized carbons (Fsp3) is 0.214. The molecule has 1 aromatic carbocycles. The van der Waals surface area contributed by atoms with Gasteiger partial charge in [0.15, 0.2) is 23.0 Å². The zero-order chi connectivity index (χ0) is 16.1. The van der Waals surface area contributed by atoms with Crippen LogP contribution in [0.1, 0.15) is 10.5 Å². The number of ether oxygens (including phenoxy) is 3. The van der Waals surface area contributed by atoms with E-state index in [1.165, 1.54) is 33.7 Å². The molecule has 22 heavy (non-hydrogen) atoms. The predicted octanol–water partition coefficient (Wildman–Crippen LogP) is 1.34. The molecule has 0 saturated heterocycles. The van der Waals surface area contributed by atoms with Crippen LogP contribution >= 0.6 is 0 Å². The summed E-state index contributed by atoms with van der Waals surface area (Å²) >= 11 is 0. The number of nitrogens with zero attached hydrogens (tertiary/aromatic N) is 2. The number of nitrogens with two attached hydrogens (primary N) is 1. The Hall–Kier alpha value is -3.03. The molecule has 2 aromatic rings. The van der Waals surface area contributed by atoms with Gasteiger partial charge in [-0.15, -0.1) is 0 Å². The molecule has 1 heterocycles. The smallest absolute Gasteiger partial charge is 0.278 e. The first-order valence-corrected chi connectivity index (χ1v) is 6.28. The molecule has 116 valence electrons. The average molecular weight is 304 g/mol. The molecule has 0 saturated carbocycles. The second-order valence-corrected chi connectivity index (χ2v) is 4.16. The summed E-state index contributed by atoms with van der Waals surface area (Å²) in [7, 11) is 4.48. The number of amides is 1. The molecule has 0 atom stereocenters. The van der Waals surface area contributed by atoms with Crippen molar-refractivity contribution in [3.63, 3.8) is 0 Å². The first-order valence-electron chi connectivity index (χ1n) is 6.28. The van der Waals surface area contributed by atoms with Gasteiger partial charge in [-0.3, -0.25) is 4.79 Å². The van der Waals surface area contributed by atoms with E-state index in [-0.39, 0.29) is 11.5 Å². The second-order valence-electron chi connectivity index (χ2n) is 4.16. The SMILES string of the molecule is COc1cc(NC(=O)c2nccnc2N)cc(OC)c1OC. The zero-order valence-electron chi connectivity index (χ0n) is 12.4. The van der Waals surface area contributed by atoms with E-state index in [0.29, 0.717) is 22.9 Å². The molecule has 0 spiro atoms. The molecule has 1 aromatic heterocycles. The van der Waals surface area contributed by atoms with Gasteiger partial charge in [0, 0.05) is 30.2 Å². The first-order chi connectivity index (χ1) is 10.6. The highest BCUT2D eigenvalue weighted by atomic mass is 16.5. The third-order valence-corrected chi connectivity index (χ3v) is 2.86.